The number of benzene rings is 2. The number of rotatable bonds is 6. The number of hydrogen-bond donors (Lipinski definition) is 0. The zero-order valence-corrected chi connectivity index (χ0v) is 17.4. The SMILES string of the molecule is COc1cc(CN(C(=O)CC(C)C)c2ccccc2)cc2c1OC(C)(C)C=C2. The number of ether oxygens (including phenoxy) is 2. The van der Waals surface area contributed by atoms with Crippen LogP contribution in [0.3, 0.4) is 0 Å². The van der Waals surface area contributed by atoms with Crippen LogP contribution >= 0.6 is 0 Å². The van der Waals surface area contributed by atoms with Crippen LogP contribution in [0.2, 0.25) is 0 Å². The van der Waals surface area contributed by atoms with Crippen LogP contribution in [-0.2, 0) is 11.3 Å². The predicted molar refractivity (Wildman–Crippen MR) is 114 cm³/mol. The largest absolute Gasteiger partial charge is 0.493 e. The highest BCUT2D eigenvalue weighted by Gasteiger charge is 2.26. The number of carbonyl (C=O) groups excluding carboxylic acids is 1. The van der Waals surface area contributed by atoms with Gasteiger partial charge in [-0.1, -0.05) is 38.1 Å². The first-order valence-electron chi connectivity index (χ1n) is 9.73. The Morgan fingerprint density at radius 3 is 2.54 bits per heavy atom. The van der Waals surface area contributed by atoms with Gasteiger partial charge in [-0.25, -0.2) is 0 Å². The molecule has 0 saturated heterocycles. The molecule has 0 N–H and O–H groups in total. The lowest BCUT2D eigenvalue weighted by Crippen LogP contribution is -2.31. The van der Waals surface area contributed by atoms with E-state index in [1.54, 1.807) is 7.11 Å². The van der Waals surface area contributed by atoms with Gasteiger partial charge in [-0.05, 0) is 55.7 Å². The minimum absolute atomic E-state index is 0.116. The molecule has 2 aromatic carbocycles. The van der Waals surface area contributed by atoms with Crippen molar-refractivity contribution in [1.82, 2.24) is 0 Å². The minimum Gasteiger partial charge on any atom is -0.493 e. The molecule has 0 fully saturated rings. The molecule has 2 aromatic rings. The highest BCUT2D eigenvalue weighted by Crippen LogP contribution is 2.40. The number of anilines is 1. The number of amides is 1. The average molecular weight is 380 g/mol. The fourth-order valence-corrected chi connectivity index (χ4v) is 3.32. The van der Waals surface area contributed by atoms with Gasteiger partial charge in [0.1, 0.15) is 5.60 Å². The van der Waals surface area contributed by atoms with Crippen molar-refractivity contribution in [2.75, 3.05) is 12.0 Å². The van der Waals surface area contributed by atoms with Crippen molar-refractivity contribution in [1.29, 1.82) is 0 Å². The summed E-state index contributed by atoms with van der Waals surface area (Å²) in [5.41, 5.74) is 2.51. The summed E-state index contributed by atoms with van der Waals surface area (Å²) in [6.45, 7) is 8.64. The summed E-state index contributed by atoms with van der Waals surface area (Å²) in [6, 6.07) is 13.8. The topological polar surface area (TPSA) is 38.8 Å². The van der Waals surface area contributed by atoms with Gasteiger partial charge in [-0.3, -0.25) is 4.79 Å². The first-order chi connectivity index (χ1) is 13.3. The fraction of sp³-hybridized carbons (Fsp3) is 0.375. The number of carbonyl (C=O) groups is 1. The molecule has 4 heteroatoms. The number of hydrogen-bond acceptors (Lipinski definition) is 3. The molecule has 1 aliphatic heterocycles. The fourth-order valence-electron chi connectivity index (χ4n) is 3.32. The smallest absolute Gasteiger partial charge is 0.227 e. The monoisotopic (exact) mass is 379 g/mol. The predicted octanol–water partition coefficient (Wildman–Crippen LogP) is 5.46. The molecule has 1 amide bonds. The van der Waals surface area contributed by atoms with E-state index in [-0.39, 0.29) is 11.5 Å². The molecule has 0 aromatic heterocycles. The molecule has 0 unspecified atom stereocenters. The van der Waals surface area contributed by atoms with Gasteiger partial charge in [-0.15, -0.1) is 0 Å². The third-order valence-corrected chi connectivity index (χ3v) is 4.69. The Hall–Kier alpha value is -2.75. The number of nitrogens with zero attached hydrogens (tertiary/aromatic N) is 1. The molecule has 1 aliphatic rings. The lowest BCUT2D eigenvalue weighted by atomic mass is 9.99. The van der Waals surface area contributed by atoms with Gasteiger partial charge in [0.05, 0.1) is 13.7 Å². The van der Waals surface area contributed by atoms with Gasteiger partial charge in [0.25, 0.3) is 0 Å². The molecule has 0 bridgehead atoms. The summed E-state index contributed by atoms with van der Waals surface area (Å²) in [7, 11) is 1.65. The quantitative estimate of drug-likeness (QED) is 0.669. The van der Waals surface area contributed by atoms with Crippen LogP contribution in [0.4, 0.5) is 5.69 Å². The molecule has 0 spiro atoms. The third-order valence-electron chi connectivity index (χ3n) is 4.69. The second-order valence-corrected chi connectivity index (χ2v) is 8.17. The zero-order valence-electron chi connectivity index (χ0n) is 17.4. The lowest BCUT2D eigenvalue weighted by molar-refractivity contribution is -0.119. The van der Waals surface area contributed by atoms with Crippen LogP contribution in [-0.4, -0.2) is 18.6 Å². The maximum Gasteiger partial charge on any atom is 0.227 e. The molecule has 4 nitrogen and oxygen atoms in total. The summed E-state index contributed by atoms with van der Waals surface area (Å²) in [5, 5.41) is 0. The molecule has 1 heterocycles. The van der Waals surface area contributed by atoms with Gasteiger partial charge < -0.3 is 14.4 Å². The molecule has 0 aliphatic carbocycles. The van der Waals surface area contributed by atoms with Crippen molar-refractivity contribution in [3.8, 4) is 11.5 Å². The molecular weight excluding hydrogens is 350 g/mol. The molecule has 28 heavy (non-hydrogen) atoms. The normalized spacial score (nSPS) is 14.4. The van der Waals surface area contributed by atoms with Crippen LogP contribution in [0, 0.1) is 5.92 Å². The van der Waals surface area contributed by atoms with Crippen molar-refractivity contribution >= 4 is 17.7 Å². The second-order valence-electron chi connectivity index (χ2n) is 8.17. The zero-order chi connectivity index (χ0) is 20.3. The standard InChI is InChI=1S/C24H29NO3/c1-17(2)13-22(26)25(20-9-7-6-8-10-20)16-18-14-19-11-12-24(3,4)28-23(19)21(15-18)27-5/h6-12,14-15,17H,13,16H2,1-5H3. The van der Waals surface area contributed by atoms with Crippen LogP contribution in [0.15, 0.2) is 48.5 Å². The molecule has 148 valence electrons. The van der Waals surface area contributed by atoms with E-state index < -0.39 is 0 Å². The van der Waals surface area contributed by atoms with E-state index in [2.05, 4.69) is 26.0 Å². The molecule has 0 atom stereocenters. The molecule has 0 radical (unpaired) electrons. The van der Waals surface area contributed by atoms with Gasteiger partial charge in [0, 0.05) is 17.7 Å². The third kappa shape index (κ3) is 4.56. The van der Waals surface area contributed by atoms with Crippen molar-refractivity contribution < 1.29 is 14.3 Å². The van der Waals surface area contributed by atoms with E-state index in [4.69, 9.17) is 9.47 Å². The highest BCUT2D eigenvalue weighted by atomic mass is 16.5. The van der Waals surface area contributed by atoms with Crippen LogP contribution < -0.4 is 14.4 Å². The summed E-state index contributed by atoms with van der Waals surface area (Å²) in [6.07, 6.45) is 4.61. The second kappa shape index (κ2) is 8.09. The number of fused-ring (bicyclic) bond motifs is 1. The summed E-state index contributed by atoms with van der Waals surface area (Å²) < 4.78 is 11.7. The Bertz CT molecular complexity index is 869. The maximum atomic E-state index is 12.9. The van der Waals surface area contributed by atoms with Crippen LogP contribution in [0.25, 0.3) is 6.08 Å². The van der Waals surface area contributed by atoms with Gasteiger partial charge in [-0.2, -0.15) is 0 Å². The maximum absolute atomic E-state index is 12.9. The highest BCUT2D eigenvalue weighted by molar-refractivity contribution is 5.93. The first-order valence-corrected chi connectivity index (χ1v) is 9.73. The summed E-state index contributed by atoms with van der Waals surface area (Å²) in [4.78, 5) is 14.8. The Morgan fingerprint density at radius 2 is 1.89 bits per heavy atom. The number of para-hydroxylation sites is 1. The van der Waals surface area contributed by atoms with Gasteiger partial charge >= 0.3 is 0 Å². The first kappa shape index (κ1) is 20.0. The molecular formula is C24H29NO3. The number of methoxy groups -OCH3 is 1. The van der Waals surface area contributed by atoms with E-state index in [0.717, 1.165) is 22.6 Å². The Balaban J connectivity index is 1.96. The van der Waals surface area contributed by atoms with Crippen LogP contribution in [0.1, 0.15) is 45.2 Å². The van der Waals surface area contributed by atoms with E-state index in [1.165, 1.54) is 0 Å². The van der Waals surface area contributed by atoms with Crippen molar-refractivity contribution in [2.24, 2.45) is 5.92 Å². The van der Waals surface area contributed by atoms with E-state index in [9.17, 15) is 4.79 Å². The molecule has 3 rings (SSSR count). The van der Waals surface area contributed by atoms with E-state index in [1.807, 2.05) is 61.2 Å². The van der Waals surface area contributed by atoms with E-state index in [0.29, 0.717) is 24.6 Å². The summed E-state index contributed by atoms with van der Waals surface area (Å²) in [5.74, 6) is 1.86. The Morgan fingerprint density at radius 1 is 1.18 bits per heavy atom. The Kier molecular flexibility index (Phi) is 5.78. The average Bonchev–Trinajstić information content (AvgIpc) is 2.65. The minimum atomic E-state index is -0.370. The lowest BCUT2D eigenvalue weighted by Gasteiger charge is -2.30. The van der Waals surface area contributed by atoms with E-state index >= 15 is 0 Å². The van der Waals surface area contributed by atoms with Gasteiger partial charge in [0.15, 0.2) is 11.5 Å². The Labute approximate surface area is 167 Å². The summed E-state index contributed by atoms with van der Waals surface area (Å²) >= 11 is 0. The molecule has 0 saturated carbocycles. The van der Waals surface area contributed by atoms with Gasteiger partial charge in [0.2, 0.25) is 5.91 Å². The van der Waals surface area contributed by atoms with Crippen LogP contribution in [0.5, 0.6) is 11.5 Å². The van der Waals surface area contributed by atoms with Crippen molar-refractivity contribution in [3.63, 3.8) is 0 Å². The van der Waals surface area contributed by atoms with Crippen molar-refractivity contribution in [2.45, 2.75) is 46.3 Å². The van der Waals surface area contributed by atoms with Crippen molar-refractivity contribution in [3.05, 3.63) is 59.7 Å².